The van der Waals surface area contributed by atoms with Crippen LogP contribution in [0.15, 0.2) is 22.9 Å². The maximum absolute atomic E-state index is 6.37. The van der Waals surface area contributed by atoms with Crippen LogP contribution in [0.4, 0.5) is 0 Å². The number of hydrogen-bond donors (Lipinski definition) is 0. The second kappa shape index (κ2) is 3.76. The van der Waals surface area contributed by atoms with E-state index in [1.165, 1.54) is 6.26 Å². The van der Waals surface area contributed by atoms with Gasteiger partial charge < -0.3 is 4.74 Å². The van der Waals surface area contributed by atoms with Crippen LogP contribution in [0.2, 0.25) is 0 Å². The van der Waals surface area contributed by atoms with E-state index in [-0.39, 0.29) is 16.5 Å². The molecule has 1 nitrogen and oxygen atoms in total. The van der Waals surface area contributed by atoms with Crippen molar-refractivity contribution in [2.45, 2.75) is 26.6 Å². The molecule has 0 aromatic heterocycles. The van der Waals surface area contributed by atoms with Gasteiger partial charge in [0.25, 0.3) is 0 Å². The van der Waals surface area contributed by atoms with Crippen molar-refractivity contribution in [3.8, 4) is 0 Å². The van der Waals surface area contributed by atoms with E-state index in [0.29, 0.717) is 0 Å². The van der Waals surface area contributed by atoms with Gasteiger partial charge in [-0.3, -0.25) is 0 Å². The van der Waals surface area contributed by atoms with Gasteiger partial charge in [-0.1, -0.05) is 53.0 Å². The molecular weight excluding hydrogens is 337 g/mol. The Kier molecular flexibility index (Phi) is 3.16. The number of fused-ring (bicyclic) bond motifs is 2. The zero-order valence-corrected chi connectivity index (χ0v) is 12.3. The number of hydrogen-bond acceptors (Lipinski definition) is 1. The van der Waals surface area contributed by atoms with Gasteiger partial charge >= 0.3 is 0 Å². The number of alkyl halides is 4. The summed E-state index contributed by atoms with van der Waals surface area (Å²) in [4.78, 5) is -2.56. The lowest BCUT2D eigenvalue weighted by Gasteiger charge is -2.32. The third-order valence-electron chi connectivity index (χ3n) is 2.99. The molecule has 0 saturated heterocycles. The van der Waals surface area contributed by atoms with Gasteiger partial charge in [-0.25, -0.2) is 0 Å². The summed E-state index contributed by atoms with van der Waals surface area (Å²) in [7, 11) is 0. The lowest BCUT2D eigenvalue weighted by atomic mass is 10.0. The quantitative estimate of drug-likeness (QED) is 0.519. The first-order valence-electron chi connectivity index (χ1n) is 4.31. The van der Waals surface area contributed by atoms with Gasteiger partial charge in [-0.15, -0.1) is 23.2 Å². The van der Waals surface area contributed by atoms with Crippen molar-refractivity contribution in [2.75, 3.05) is 0 Å². The molecule has 7 heteroatoms. The van der Waals surface area contributed by atoms with E-state index >= 15 is 0 Å². The predicted molar refractivity (Wildman–Crippen MR) is 70.0 cm³/mol. The molecule has 0 aromatic carbocycles. The normalized spacial score (nSPS) is 45.0. The first kappa shape index (κ1) is 13.5. The molecule has 2 bridgehead atoms. The van der Waals surface area contributed by atoms with Crippen molar-refractivity contribution in [1.82, 2.24) is 0 Å². The van der Waals surface area contributed by atoms with E-state index in [9.17, 15) is 0 Å². The summed E-state index contributed by atoms with van der Waals surface area (Å²) in [6.07, 6.45) is 0.957. The molecule has 0 aliphatic heterocycles. The molecule has 3 unspecified atom stereocenters. The molecule has 0 spiro atoms. The molecule has 0 N–H and O–H groups in total. The third-order valence-corrected chi connectivity index (χ3v) is 7.25. The van der Waals surface area contributed by atoms with Gasteiger partial charge in [0.1, 0.15) is 11.0 Å². The molecule has 1 fully saturated rings. The van der Waals surface area contributed by atoms with Crippen molar-refractivity contribution in [3.63, 3.8) is 0 Å². The highest BCUT2D eigenvalue weighted by molar-refractivity contribution is 6.65. The second-order valence-electron chi connectivity index (χ2n) is 3.71. The van der Waals surface area contributed by atoms with Crippen molar-refractivity contribution in [3.05, 3.63) is 22.9 Å². The molecule has 0 aromatic rings. The number of rotatable bonds is 2. The van der Waals surface area contributed by atoms with Gasteiger partial charge in [0.05, 0.1) is 16.3 Å². The van der Waals surface area contributed by atoms with Gasteiger partial charge in [0.15, 0.2) is 9.21 Å². The Bertz CT molecular complexity index is 391. The smallest absolute Gasteiger partial charge is 0.170 e. The minimum atomic E-state index is -1.52. The Labute approximate surface area is 123 Å². The lowest BCUT2D eigenvalue weighted by molar-refractivity contribution is 0.129. The van der Waals surface area contributed by atoms with E-state index in [4.69, 9.17) is 74.3 Å². The van der Waals surface area contributed by atoms with Crippen LogP contribution >= 0.6 is 69.6 Å². The molecule has 0 amide bonds. The van der Waals surface area contributed by atoms with Crippen LogP contribution < -0.4 is 0 Å². The van der Waals surface area contributed by atoms with Crippen molar-refractivity contribution in [2.24, 2.45) is 0 Å². The SMILES string of the molecule is C=COC1CC2(Cl)C(Cl)=C(Cl)C1(Cl)C2(Cl)Cl. The Hall–Kier alpha value is 1.02. The average Bonchev–Trinajstić information content (AvgIpc) is 2.41. The van der Waals surface area contributed by atoms with Crippen molar-refractivity contribution >= 4 is 69.6 Å². The van der Waals surface area contributed by atoms with Gasteiger partial charge in [0, 0.05) is 6.42 Å². The standard InChI is InChI=1S/C9H6Cl6O/c1-2-16-4-3-7(12)5(10)6(11)8(4,13)9(7,14)15/h2,4H,1,3H2. The Morgan fingerprint density at radius 3 is 2.12 bits per heavy atom. The van der Waals surface area contributed by atoms with Crippen LogP contribution in [-0.4, -0.2) is 20.2 Å². The van der Waals surface area contributed by atoms with Crippen LogP contribution in [0.5, 0.6) is 0 Å². The van der Waals surface area contributed by atoms with Crippen molar-refractivity contribution in [1.29, 1.82) is 0 Å². The molecule has 2 aliphatic carbocycles. The zero-order valence-electron chi connectivity index (χ0n) is 7.74. The maximum atomic E-state index is 6.37. The molecule has 0 radical (unpaired) electrons. The summed E-state index contributed by atoms with van der Waals surface area (Å²) < 4.78 is 3.74. The minimum absolute atomic E-state index is 0.133. The van der Waals surface area contributed by atoms with Gasteiger partial charge in [0.2, 0.25) is 0 Å². The highest BCUT2D eigenvalue weighted by atomic mass is 35.5. The molecular formula is C9H6Cl6O. The molecule has 1 saturated carbocycles. The summed E-state index contributed by atoms with van der Waals surface area (Å²) in [5.41, 5.74) is 0. The lowest BCUT2D eigenvalue weighted by Crippen LogP contribution is -2.46. The fourth-order valence-corrected chi connectivity index (χ4v) is 4.79. The van der Waals surface area contributed by atoms with E-state index in [0.717, 1.165) is 0 Å². The average molecular weight is 343 g/mol. The van der Waals surface area contributed by atoms with Crippen molar-refractivity contribution < 1.29 is 4.74 Å². The van der Waals surface area contributed by atoms with Gasteiger partial charge in [-0.2, -0.15) is 0 Å². The summed E-state index contributed by atoms with van der Waals surface area (Å²) in [6, 6.07) is 0. The summed E-state index contributed by atoms with van der Waals surface area (Å²) in [5, 5.41) is 0.314. The fraction of sp³-hybridized carbons (Fsp3) is 0.556. The predicted octanol–water partition coefficient (Wildman–Crippen LogP) is 4.75. The molecule has 2 aliphatic rings. The molecule has 3 atom stereocenters. The van der Waals surface area contributed by atoms with Crippen LogP contribution in [0.25, 0.3) is 0 Å². The first-order chi connectivity index (χ1) is 7.23. The maximum Gasteiger partial charge on any atom is 0.170 e. The van der Waals surface area contributed by atoms with Gasteiger partial charge in [-0.05, 0) is 0 Å². The van der Waals surface area contributed by atoms with Crippen LogP contribution in [-0.2, 0) is 4.74 Å². The van der Waals surface area contributed by atoms with Crippen LogP contribution in [0, 0.1) is 0 Å². The Morgan fingerprint density at radius 1 is 1.19 bits per heavy atom. The summed E-state index contributed by atoms with van der Waals surface area (Å²) in [6.45, 7) is 3.45. The largest absolute Gasteiger partial charge is 0.496 e. The third kappa shape index (κ3) is 1.23. The highest BCUT2D eigenvalue weighted by Gasteiger charge is 2.79. The monoisotopic (exact) mass is 340 g/mol. The minimum Gasteiger partial charge on any atom is -0.496 e. The second-order valence-corrected chi connectivity index (χ2v) is 7.04. The topological polar surface area (TPSA) is 9.23 Å². The molecule has 90 valence electrons. The van der Waals surface area contributed by atoms with E-state index in [1.54, 1.807) is 0 Å². The van der Waals surface area contributed by atoms with E-state index < -0.39 is 20.2 Å². The first-order valence-corrected chi connectivity index (χ1v) is 6.58. The molecule has 16 heavy (non-hydrogen) atoms. The highest BCUT2D eigenvalue weighted by Crippen LogP contribution is 2.72. The number of halogens is 6. The summed E-state index contributed by atoms with van der Waals surface area (Å²) >= 11 is 37.2. The zero-order chi connectivity index (χ0) is 12.4. The van der Waals surface area contributed by atoms with E-state index in [1.807, 2.05) is 0 Å². The van der Waals surface area contributed by atoms with E-state index in [2.05, 4.69) is 6.58 Å². The number of ether oxygens (including phenoxy) is 1. The van der Waals surface area contributed by atoms with Crippen LogP contribution in [0.1, 0.15) is 6.42 Å². The number of allylic oxidation sites excluding steroid dienone is 1. The summed E-state index contributed by atoms with van der Waals surface area (Å²) in [5.74, 6) is 0. The Morgan fingerprint density at radius 2 is 1.75 bits per heavy atom. The van der Waals surface area contributed by atoms with Crippen LogP contribution in [0.3, 0.4) is 0 Å². The Balaban J connectivity index is 2.59. The fourth-order valence-electron chi connectivity index (χ4n) is 2.11. The molecule has 2 rings (SSSR count). The molecule has 0 heterocycles.